The minimum absolute atomic E-state index is 0.375. The fourth-order valence-electron chi connectivity index (χ4n) is 3.00. The van der Waals surface area contributed by atoms with E-state index in [4.69, 9.17) is 10.5 Å². The predicted octanol–water partition coefficient (Wildman–Crippen LogP) is 4.01. The van der Waals surface area contributed by atoms with Crippen LogP contribution in [0.25, 0.3) is 10.8 Å². The van der Waals surface area contributed by atoms with E-state index in [0.717, 1.165) is 11.3 Å². The third kappa shape index (κ3) is 2.59. The van der Waals surface area contributed by atoms with Crippen LogP contribution in [0.3, 0.4) is 0 Å². The summed E-state index contributed by atoms with van der Waals surface area (Å²) in [4.78, 5) is 0. The van der Waals surface area contributed by atoms with Gasteiger partial charge in [-0.25, -0.2) is 0 Å². The van der Waals surface area contributed by atoms with Crippen molar-refractivity contribution in [2.24, 2.45) is 5.73 Å². The summed E-state index contributed by atoms with van der Waals surface area (Å²) in [6.45, 7) is 0.531. The number of hydrogen-bond acceptors (Lipinski definition) is 2. The molecule has 0 heterocycles. The van der Waals surface area contributed by atoms with Crippen molar-refractivity contribution in [1.29, 1.82) is 0 Å². The topological polar surface area (TPSA) is 35.2 Å². The molecule has 3 rings (SSSR count). The lowest BCUT2D eigenvalue weighted by atomic mass is 9.97. The number of rotatable bonds is 3. The fourth-order valence-corrected chi connectivity index (χ4v) is 3.00. The maximum Gasteiger partial charge on any atom is 0.124 e. The highest BCUT2D eigenvalue weighted by Crippen LogP contribution is 2.30. The Kier molecular flexibility index (Phi) is 3.69. The first-order chi connectivity index (χ1) is 9.38. The van der Waals surface area contributed by atoms with Crippen LogP contribution >= 0.6 is 0 Å². The van der Waals surface area contributed by atoms with Crippen LogP contribution in [0.4, 0.5) is 0 Å². The summed E-state index contributed by atoms with van der Waals surface area (Å²) in [7, 11) is 0. The Morgan fingerprint density at radius 2 is 1.79 bits per heavy atom. The SMILES string of the molecule is NCc1c(OC2CCCCC2)ccc2ccccc12. The zero-order valence-corrected chi connectivity index (χ0v) is 11.3. The second kappa shape index (κ2) is 5.62. The van der Waals surface area contributed by atoms with Gasteiger partial charge in [0.25, 0.3) is 0 Å². The van der Waals surface area contributed by atoms with E-state index >= 15 is 0 Å². The lowest BCUT2D eigenvalue weighted by Gasteiger charge is -2.24. The van der Waals surface area contributed by atoms with Gasteiger partial charge in [0, 0.05) is 12.1 Å². The summed E-state index contributed by atoms with van der Waals surface area (Å²) in [5.41, 5.74) is 7.08. The summed E-state index contributed by atoms with van der Waals surface area (Å²) in [5, 5.41) is 2.46. The quantitative estimate of drug-likeness (QED) is 0.899. The molecule has 0 unspecified atom stereocenters. The molecular weight excluding hydrogens is 234 g/mol. The monoisotopic (exact) mass is 255 g/mol. The van der Waals surface area contributed by atoms with Gasteiger partial charge in [-0.2, -0.15) is 0 Å². The number of benzene rings is 2. The van der Waals surface area contributed by atoms with Gasteiger partial charge in [-0.1, -0.05) is 36.8 Å². The lowest BCUT2D eigenvalue weighted by Crippen LogP contribution is -2.20. The van der Waals surface area contributed by atoms with Crippen LogP contribution in [0.2, 0.25) is 0 Å². The molecule has 1 fully saturated rings. The minimum atomic E-state index is 0.375. The Morgan fingerprint density at radius 3 is 2.58 bits per heavy atom. The van der Waals surface area contributed by atoms with Crippen molar-refractivity contribution in [2.45, 2.75) is 44.8 Å². The van der Waals surface area contributed by atoms with Crippen LogP contribution in [-0.4, -0.2) is 6.10 Å². The molecule has 0 bridgehead atoms. The van der Waals surface area contributed by atoms with Gasteiger partial charge >= 0.3 is 0 Å². The molecule has 0 amide bonds. The Labute approximate surface area is 114 Å². The van der Waals surface area contributed by atoms with E-state index in [1.54, 1.807) is 0 Å². The highest BCUT2D eigenvalue weighted by atomic mass is 16.5. The second-order valence-electron chi connectivity index (χ2n) is 5.35. The third-order valence-corrected chi connectivity index (χ3v) is 4.05. The summed E-state index contributed by atoms with van der Waals surface area (Å²) in [5.74, 6) is 0.980. The molecule has 100 valence electrons. The molecule has 0 atom stereocenters. The third-order valence-electron chi connectivity index (χ3n) is 4.05. The molecule has 2 aromatic rings. The van der Waals surface area contributed by atoms with E-state index in [1.807, 2.05) is 0 Å². The number of nitrogens with two attached hydrogens (primary N) is 1. The van der Waals surface area contributed by atoms with Crippen molar-refractivity contribution < 1.29 is 4.74 Å². The zero-order chi connectivity index (χ0) is 13.1. The molecule has 1 saturated carbocycles. The van der Waals surface area contributed by atoms with Gasteiger partial charge in [0.05, 0.1) is 6.10 Å². The van der Waals surface area contributed by atoms with Crippen LogP contribution in [0, 0.1) is 0 Å². The van der Waals surface area contributed by atoms with E-state index in [2.05, 4.69) is 36.4 Å². The molecule has 2 aromatic carbocycles. The molecule has 19 heavy (non-hydrogen) atoms. The maximum absolute atomic E-state index is 6.21. The van der Waals surface area contributed by atoms with E-state index in [1.165, 1.54) is 42.9 Å². The van der Waals surface area contributed by atoms with Crippen LogP contribution in [0.15, 0.2) is 36.4 Å². The molecule has 2 nitrogen and oxygen atoms in total. The lowest BCUT2D eigenvalue weighted by molar-refractivity contribution is 0.154. The molecule has 1 aliphatic carbocycles. The van der Waals surface area contributed by atoms with Crippen molar-refractivity contribution in [3.8, 4) is 5.75 Å². The van der Waals surface area contributed by atoms with Gasteiger partial charge in [-0.05, 0) is 42.5 Å². The second-order valence-corrected chi connectivity index (χ2v) is 5.35. The number of fused-ring (bicyclic) bond motifs is 1. The van der Waals surface area contributed by atoms with Gasteiger partial charge in [0.2, 0.25) is 0 Å². The fraction of sp³-hybridized carbons (Fsp3) is 0.412. The van der Waals surface area contributed by atoms with E-state index < -0.39 is 0 Å². The number of ether oxygens (including phenoxy) is 1. The van der Waals surface area contributed by atoms with Crippen LogP contribution < -0.4 is 10.5 Å². The Balaban J connectivity index is 1.93. The molecule has 0 aromatic heterocycles. The molecular formula is C17H21NO. The summed E-state index contributed by atoms with van der Waals surface area (Å²) in [6, 6.07) is 12.6. The Hall–Kier alpha value is -1.54. The first kappa shape index (κ1) is 12.5. The van der Waals surface area contributed by atoms with E-state index in [9.17, 15) is 0 Å². The molecule has 0 aliphatic heterocycles. The van der Waals surface area contributed by atoms with Crippen molar-refractivity contribution >= 4 is 10.8 Å². The van der Waals surface area contributed by atoms with Crippen molar-refractivity contribution in [2.75, 3.05) is 0 Å². The van der Waals surface area contributed by atoms with Gasteiger partial charge < -0.3 is 10.5 Å². The van der Waals surface area contributed by atoms with Gasteiger partial charge in [-0.15, -0.1) is 0 Å². The smallest absolute Gasteiger partial charge is 0.124 e. The van der Waals surface area contributed by atoms with Gasteiger partial charge in [0.15, 0.2) is 0 Å². The summed E-state index contributed by atoms with van der Waals surface area (Å²) in [6.07, 6.45) is 6.65. The zero-order valence-electron chi connectivity index (χ0n) is 11.3. The number of hydrogen-bond donors (Lipinski definition) is 1. The molecule has 1 aliphatic rings. The molecule has 2 N–H and O–H groups in total. The standard InChI is InChI=1S/C17H21NO/c18-12-16-15-9-5-4-6-13(15)10-11-17(16)19-14-7-2-1-3-8-14/h4-6,9-11,14H,1-3,7-8,12,18H2. The first-order valence-corrected chi connectivity index (χ1v) is 7.26. The first-order valence-electron chi connectivity index (χ1n) is 7.26. The molecule has 0 radical (unpaired) electrons. The van der Waals surface area contributed by atoms with E-state index in [0.29, 0.717) is 12.6 Å². The normalized spacial score (nSPS) is 16.7. The van der Waals surface area contributed by atoms with Crippen LogP contribution in [-0.2, 0) is 6.54 Å². The van der Waals surface area contributed by atoms with Crippen molar-refractivity contribution in [3.05, 3.63) is 42.0 Å². The largest absolute Gasteiger partial charge is 0.490 e. The average molecular weight is 255 g/mol. The average Bonchev–Trinajstić information content (AvgIpc) is 2.48. The molecule has 0 spiro atoms. The van der Waals surface area contributed by atoms with Crippen molar-refractivity contribution in [1.82, 2.24) is 0 Å². The minimum Gasteiger partial charge on any atom is -0.490 e. The predicted molar refractivity (Wildman–Crippen MR) is 79.3 cm³/mol. The molecule has 0 saturated heterocycles. The summed E-state index contributed by atoms with van der Waals surface area (Å²) < 4.78 is 6.21. The summed E-state index contributed by atoms with van der Waals surface area (Å²) >= 11 is 0. The highest BCUT2D eigenvalue weighted by molar-refractivity contribution is 5.87. The van der Waals surface area contributed by atoms with Gasteiger partial charge in [0.1, 0.15) is 5.75 Å². The van der Waals surface area contributed by atoms with Crippen molar-refractivity contribution in [3.63, 3.8) is 0 Å². The van der Waals surface area contributed by atoms with Crippen LogP contribution in [0.5, 0.6) is 5.75 Å². The molecule has 2 heteroatoms. The maximum atomic E-state index is 6.21. The van der Waals surface area contributed by atoms with Crippen LogP contribution in [0.1, 0.15) is 37.7 Å². The highest BCUT2D eigenvalue weighted by Gasteiger charge is 2.17. The Morgan fingerprint density at radius 1 is 1.00 bits per heavy atom. The Bertz CT molecular complexity index is 558. The van der Waals surface area contributed by atoms with Gasteiger partial charge in [-0.3, -0.25) is 0 Å². The van der Waals surface area contributed by atoms with E-state index in [-0.39, 0.29) is 0 Å².